The van der Waals surface area contributed by atoms with Crippen molar-refractivity contribution >= 4 is 5.91 Å². The summed E-state index contributed by atoms with van der Waals surface area (Å²) in [5.74, 6) is -0.0629. The molecule has 0 spiro atoms. The van der Waals surface area contributed by atoms with Crippen molar-refractivity contribution in [1.29, 1.82) is 0 Å². The number of hydrogen-bond acceptors (Lipinski definition) is 5. The summed E-state index contributed by atoms with van der Waals surface area (Å²) in [6.45, 7) is 6.34. The van der Waals surface area contributed by atoms with Crippen molar-refractivity contribution in [3.05, 3.63) is 59.8 Å². The van der Waals surface area contributed by atoms with Crippen molar-refractivity contribution < 1.29 is 13.9 Å². The molecule has 0 bridgehead atoms. The van der Waals surface area contributed by atoms with Gasteiger partial charge in [-0.1, -0.05) is 24.3 Å². The highest BCUT2D eigenvalue weighted by molar-refractivity contribution is 5.99. The minimum absolute atomic E-state index is 0.140. The van der Waals surface area contributed by atoms with Crippen LogP contribution in [-0.2, 0) is 19.6 Å². The first-order valence-corrected chi connectivity index (χ1v) is 9.90. The second kappa shape index (κ2) is 7.85. The Hall–Kier alpha value is -3.29. The molecular formula is C22H24FN5O2. The third kappa shape index (κ3) is 4.17. The van der Waals surface area contributed by atoms with Crippen LogP contribution >= 0.6 is 0 Å². The van der Waals surface area contributed by atoms with Crippen LogP contribution in [0.3, 0.4) is 0 Å². The minimum Gasteiger partial charge on any atom is -0.474 e. The van der Waals surface area contributed by atoms with E-state index in [1.165, 1.54) is 20.2 Å². The molecular weight excluding hydrogens is 385 g/mol. The number of hydrogen-bond donors (Lipinski definition) is 0. The lowest BCUT2D eigenvalue weighted by Crippen LogP contribution is -2.25. The fourth-order valence-electron chi connectivity index (χ4n) is 3.33. The highest BCUT2D eigenvalue weighted by atomic mass is 19.1. The molecule has 3 aromatic rings. The molecule has 0 saturated heterocycles. The Balaban J connectivity index is 1.47. The SMILES string of the molecule is CCn1cc(-c2ccc(CN3Cc4ncnc(OCC(C)(C)F)c4C3=O)cc2)cn1. The topological polar surface area (TPSA) is 73.1 Å². The van der Waals surface area contributed by atoms with Gasteiger partial charge in [0.05, 0.1) is 18.4 Å². The summed E-state index contributed by atoms with van der Waals surface area (Å²) in [6, 6.07) is 8.06. The maximum Gasteiger partial charge on any atom is 0.261 e. The number of ether oxygens (including phenoxy) is 1. The molecule has 7 nitrogen and oxygen atoms in total. The molecule has 1 aliphatic heterocycles. The highest BCUT2D eigenvalue weighted by Gasteiger charge is 2.33. The Bertz CT molecular complexity index is 1060. The van der Waals surface area contributed by atoms with Gasteiger partial charge in [0.25, 0.3) is 5.91 Å². The number of amides is 1. The predicted molar refractivity (Wildman–Crippen MR) is 110 cm³/mol. The van der Waals surface area contributed by atoms with E-state index in [9.17, 15) is 9.18 Å². The van der Waals surface area contributed by atoms with E-state index in [1.807, 2.05) is 48.3 Å². The lowest BCUT2D eigenvalue weighted by Gasteiger charge is -2.17. The van der Waals surface area contributed by atoms with Crippen LogP contribution in [0.4, 0.5) is 4.39 Å². The predicted octanol–water partition coefficient (Wildman–Crippen LogP) is 3.64. The Morgan fingerprint density at radius 3 is 2.60 bits per heavy atom. The van der Waals surface area contributed by atoms with Gasteiger partial charge >= 0.3 is 0 Å². The number of halogens is 1. The lowest BCUT2D eigenvalue weighted by atomic mass is 10.1. The van der Waals surface area contributed by atoms with Crippen molar-refractivity contribution in [2.45, 2.75) is 46.1 Å². The summed E-state index contributed by atoms with van der Waals surface area (Å²) in [4.78, 5) is 22.9. The van der Waals surface area contributed by atoms with Gasteiger partial charge in [-0.05, 0) is 31.9 Å². The van der Waals surface area contributed by atoms with Crippen LogP contribution < -0.4 is 4.74 Å². The lowest BCUT2D eigenvalue weighted by molar-refractivity contribution is 0.0754. The van der Waals surface area contributed by atoms with Crippen LogP contribution in [0.1, 0.15) is 42.4 Å². The van der Waals surface area contributed by atoms with Crippen molar-refractivity contribution in [1.82, 2.24) is 24.6 Å². The maximum absolute atomic E-state index is 13.8. The summed E-state index contributed by atoms with van der Waals surface area (Å²) in [5.41, 5.74) is 2.54. The Morgan fingerprint density at radius 1 is 1.17 bits per heavy atom. The van der Waals surface area contributed by atoms with Crippen molar-refractivity contribution in [2.75, 3.05) is 6.61 Å². The first kappa shape index (κ1) is 20.0. The van der Waals surface area contributed by atoms with Crippen molar-refractivity contribution in [3.63, 3.8) is 0 Å². The molecule has 0 aliphatic carbocycles. The fourth-order valence-corrected chi connectivity index (χ4v) is 3.33. The fraction of sp³-hybridized carbons (Fsp3) is 0.364. The quantitative estimate of drug-likeness (QED) is 0.596. The summed E-state index contributed by atoms with van der Waals surface area (Å²) < 4.78 is 21.2. The number of rotatable bonds is 7. The van der Waals surface area contributed by atoms with E-state index in [2.05, 4.69) is 15.1 Å². The number of carbonyl (C=O) groups is 1. The van der Waals surface area contributed by atoms with Gasteiger partial charge in [-0.15, -0.1) is 0 Å². The molecule has 1 aromatic carbocycles. The van der Waals surface area contributed by atoms with E-state index < -0.39 is 5.67 Å². The van der Waals surface area contributed by atoms with E-state index in [1.54, 1.807) is 4.90 Å². The molecule has 8 heteroatoms. The second-order valence-electron chi connectivity index (χ2n) is 7.95. The molecule has 0 atom stereocenters. The monoisotopic (exact) mass is 409 g/mol. The van der Waals surface area contributed by atoms with Crippen LogP contribution in [0, 0.1) is 0 Å². The molecule has 0 saturated carbocycles. The molecule has 0 N–H and O–H groups in total. The third-order valence-electron chi connectivity index (χ3n) is 4.90. The van der Waals surface area contributed by atoms with Crippen LogP contribution in [-0.4, -0.2) is 42.8 Å². The van der Waals surface area contributed by atoms with Crippen LogP contribution in [0.2, 0.25) is 0 Å². The van der Waals surface area contributed by atoms with Crippen LogP contribution in [0.15, 0.2) is 43.0 Å². The zero-order valence-electron chi connectivity index (χ0n) is 17.3. The molecule has 0 unspecified atom stereocenters. The molecule has 2 aromatic heterocycles. The van der Waals surface area contributed by atoms with Gasteiger partial charge in [0.1, 0.15) is 24.2 Å². The number of fused-ring (bicyclic) bond motifs is 1. The number of aryl methyl sites for hydroxylation is 1. The third-order valence-corrected chi connectivity index (χ3v) is 4.90. The summed E-state index contributed by atoms with van der Waals surface area (Å²) in [6.07, 6.45) is 5.20. The number of nitrogens with zero attached hydrogens (tertiary/aromatic N) is 5. The molecule has 1 aliphatic rings. The van der Waals surface area contributed by atoms with Crippen LogP contribution in [0.5, 0.6) is 5.88 Å². The van der Waals surface area contributed by atoms with Gasteiger partial charge in [0.15, 0.2) is 0 Å². The zero-order valence-corrected chi connectivity index (χ0v) is 17.3. The van der Waals surface area contributed by atoms with Crippen molar-refractivity contribution in [3.8, 4) is 17.0 Å². The minimum atomic E-state index is -1.52. The normalized spacial score (nSPS) is 13.6. The van der Waals surface area contributed by atoms with Gasteiger partial charge in [-0.2, -0.15) is 5.10 Å². The number of aromatic nitrogens is 4. The van der Waals surface area contributed by atoms with Crippen LogP contribution in [0.25, 0.3) is 11.1 Å². The summed E-state index contributed by atoms with van der Waals surface area (Å²) in [7, 11) is 0. The number of benzene rings is 1. The zero-order chi connectivity index (χ0) is 21.3. The maximum atomic E-state index is 13.8. The molecule has 3 heterocycles. The molecule has 4 rings (SSSR count). The van der Waals surface area contributed by atoms with Gasteiger partial charge in [-0.3, -0.25) is 9.48 Å². The molecule has 0 fully saturated rings. The molecule has 0 radical (unpaired) electrons. The first-order valence-electron chi connectivity index (χ1n) is 9.90. The Kier molecular flexibility index (Phi) is 5.24. The van der Waals surface area contributed by atoms with E-state index in [0.717, 1.165) is 23.2 Å². The molecule has 156 valence electrons. The standard InChI is InChI=1S/C22H24FN5O2/c1-4-28-11-17(9-26-28)16-7-5-15(6-8-16)10-27-12-18-19(21(27)29)20(25-14-24-18)30-13-22(2,3)23/h5-9,11,14H,4,10,12-13H2,1-3H3. The first-order chi connectivity index (χ1) is 14.3. The van der Waals surface area contributed by atoms with Gasteiger partial charge in [-0.25, -0.2) is 14.4 Å². The van der Waals surface area contributed by atoms with E-state index in [-0.39, 0.29) is 18.4 Å². The number of alkyl halides is 1. The molecule has 30 heavy (non-hydrogen) atoms. The average Bonchev–Trinajstić information content (AvgIpc) is 3.32. The molecule has 1 amide bonds. The van der Waals surface area contributed by atoms with Gasteiger partial charge in [0, 0.05) is 24.8 Å². The van der Waals surface area contributed by atoms with E-state index >= 15 is 0 Å². The van der Waals surface area contributed by atoms with Gasteiger partial charge < -0.3 is 9.64 Å². The van der Waals surface area contributed by atoms with E-state index in [4.69, 9.17) is 4.74 Å². The average molecular weight is 409 g/mol. The van der Waals surface area contributed by atoms with E-state index in [0.29, 0.717) is 24.3 Å². The van der Waals surface area contributed by atoms with Gasteiger partial charge in [0.2, 0.25) is 5.88 Å². The Morgan fingerprint density at radius 2 is 1.93 bits per heavy atom. The second-order valence-corrected chi connectivity index (χ2v) is 7.95. The number of carbonyl (C=O) groups excluding carboxylic acids is 1. The van der Waals surface area contributed by atoms with Crippen molar-refractivity contribution in [2.24, 2.45) is 0 Å². The summed E-state index contributed by atoms with van der Waals surface area (Å²) >= 11 is 0. The Labute approximate surface area is 174 Å². The summed E-state index contributed by atoms with van der Waals surface area (Å²) in [5, 5.41) is 4.30. The highest BCUT2D eigenvalue weighted by Crippen LogP contribution is 2.30. The largest absolute Gasteiger partial charge is 0.474 e. The smallest absolute Gasteiger partial charge is 0.261 e.